The molecule has 0 aromatic heterocycles. The summed E-state index contributed by atoms with van der Waals surface area (Å²) in [5, 5.41) is 12.4. The zero-order valence-corrected chi connectivity index (χ0v) is 26.6. The Morgan fingerprint density at radius 3 is 1.35 bits per heavy atom. The van der Waals surface area contributed by atoms with Crippen molar-refractivity contribution in [2.45, 2.75) is 0 Å². The lowest BCUT2D eigenvalue weighted by molar-refractivity contribution is 1.63. The molecule has 0 radical (unpaired) electrons. The van der Waals surface area contributed by atoms with E-state index in [-0.39, 0.29) is 0 Å². The number of hydrogen-bond donors (Lipinski definition) is 0. The average Bonchev–Trinajstić information content (AvgIpc) is 3.16. The van der Waals surface area contributed by atoms with E-state index >= 15 is 0 Å². The van der Waals surface area contributed by atoms with Crippen LogP contribution in [0.3, 0.4) is 0 Å². The van der Waals surface area contributed by atoms with Crippen molar-refractivity contribution in [2.24, 2.45) is 0 Å². The average molecular weight is 609 g/mol. The highest BCUT2D eigenvalue weighted by Crippen LogP contribution is 2.45. The summed E-state index contributed by atoms with van der Waals surface area (Å²) in [6.07, 6.45) is 3.95. The van der Waals surface area contributed by atoms with E-state index in [1.165, 1.54) is 87.2 Å². The van der Waals surface area contributed by atoms with Crippen molar-refractivity contribution in [3.8, 4) is 33.4 Å². The molecule has 0 aliphatic heterocycles. The molecule has 0 unspecified atom stereocenters. The summed E-state index contributed by atoms with van der Waals surface area (Å²) in [6, 6.07) is 57.6. The molecular formula is C48H32. The van der Waals surface area contributed by atoms with Gasteiger partial charge in [-0.15, -0.1) is 0 Å². The minimum absolute atomic E-state index is 1.12. The predicted octanol–water partition coefficient (Wildman–Crippen LogP) is 13.7. The summed E-state index contributed by atoms with van der Waals surface area (Å²) in [4.78, 5) is 0. The van der Waals surface area contributed by atoms with Crippen LogP contribution in [0.4, 0.5) is 0 Å². The Morgan fingerprint density at radius 2 is 0.729 bits per heavy atom. The van der Waals surface area contributed by atoms with Crippen LogP contribution in [0.1, 0.15) is 11.1 Å². The maximum absolute atomic E-state index is 4.23. The molecule has 0 fully saturated rings. The summed E-state index contributed by atoms with van der Waals surface area (Å²) in [5.74, 6) is 0. The van der Waals surface area contributed by atoms with E-state index in [2.05, 4.69) is 171 Å². The van der Waals surface area contributed by atoms with Gasteiger partial charge in [0, 0.05) is 0 Å². The maximum atomic E-state index is 4.23. The molecule has 0 saturated heterocycles. The van der Waals surface area contributed by atoms with Gasteiger partial charge in [-0.3, -0.25) is 0 Å². The highest BCUT2D eigenvalue weighted by molar-refractivity contribution is 6.23. The van der Waals surface area contributed by atoms with Gasteiger partial charge in [-0.25, -0.2) is 0 Å². The monoisotopic (exact) mass is 608 g/mol. The summed E-state index contributed by atoms with van der Waals surface area (Å²) in [6.45, 7) is 8.42. The maximum Gasteiger partial charge on any atom is -0.00261 e. The van der Waals surface area contributed by atoms with Crippen molar-refractivity contribution >= 4 is 66.0 Å². The highest BCUT2D eigenvalue weighted by Gasteiger charge is 2.18. The quantitative estimate of drug-likeness (QED) is 0.135. The molecule has 9 aromatic rings. The smallest absolute Gasteiger partial charge is 0.00261 e. The fourth-order valence-corrected chi connectivity index (χ4v) is 7.79. The van der Waals surface area contributed by atoms with Crippen molar-refractivity contribution in [3.05, 3.63) is 182 Å². The van der Waals surface area contributed by atoms with Crippen LogP contribution in [-0.2, 0) is 0 Å². The normalized spacial score (nSPS) is 11.5. The van der Waals surface area contributed by atoms with Gasteiger partial charge in [0.2, 0.25) is 0 Å². The Labute approximate surface area is 280 Å². The van der Waals surface area contributed by atoms with Crippen molar-refractivity contribution in [2.75, 3.05) is 0 Å². The highest BCUT2D eigenvalue weighted by atomic mass is 14.2. The first-order valence-corrected chi connectivity index (χ1v) is 16.5. The summed E-state index contributed by atoms with van der Waals surface area (Å²) < 4.78 is 0. The van der Waals surface area contributed by atoms with Crippen LogP contribution in [-0.4, -0.2) is 0 Å². The van der Waals surface area contributed by atoms with E-state index in [1.54, 1.807) is 0 Å². The molecule has 0 aliphatic rings. The lowest BCUT2D eigenvalue weighted by Crippen LogP contribution is -1.93. The number of hydrogen-bond acceptors (Lipinski definition) is 0. The van der Waals surface area contributed by atoms with Crippen molar-refractivity contribution in [1.82, 2.24) is 0 Å². The van der Waals surface area contributed by atoms with E-state index < -0.39 is 0 Å². The van der Waals surface area contributed by atoms with Gasteiger partial charge in [-0.2, -0.15) is 0 Å². The molecule has 0 heterocycles. The molecule has 224 valence electrons. The van der Waals surface area contributed by atoms with E-state index in [1.807, 2.05) is 12.2 Å². The van der Waals surface area contributed by atoms with Crippen molar-refractivity contribution in [1.29, 1.82) is 0 Å². The third kappa shape index (κ3) is 4.31. The van der Waals surface area contributed by atoms with Gasteiger partial charge in [-0.05, 0) is 111 Å². The van der Waals surface area contributed by atoms with Gasteiger partial charge in [0.15, 0.2) is 0 Å². The Morgan fingerprint density at radius 1 is 0.292 bits per heavy atom. The molecule has 0 nitrogen and oxygen atoms in total. The molecule has 0 atom stereocenters. The fraction of sp³-hybridized carbons (Fsp3) is 0. The topological polar surface area (TPSA) is 0 Å². The molecule has 0 saturated carbocycles. The Kier molecular flexibility index (Phi) is 6.55. The first kappa shape index (κ1) is 28.0. The lowest BCUT2D eigenvalue weighted by Gasteiger charge is -2.19. The Bertz CT molecular complexity index is 2680. The van der Waals surface area contributed by atoms with Gasteiger partial charge >= 0.3 is 0 Å². The summed E-state index contributed by atoms with van der Waals surface area (Å²) in [5.41, 5.74) is 9.63. The number of benzene rings is 9. The van der Waals surface area contributed by atoms with Gasteiger partial charge in [0.1, 0.15) is 0 Å². The second-order valence-corrected chi connectivity index (χ2v) is 12.5. The minimum atomic E-state index is 1.12. The zero-order valence-electron chi connectivity index (χ0n) is 26.6. The van der Waals surface area contributed by atoms with Crippen LogP contribution in [0.25, 0.3) is 99.4 Å². The number of rotatable bonds is 5. The third-order valence-electron chi connectivity index (χ3n) is 9.99. The van der Waals surface area contributed by atoms with Crippen LogP contribution in [0.2, 0.25) is 0 Å². The van der Waals surface area contributed by atoms with Gasteiger partial charge in [-0.1, -0.05) is 171 Å². The van der Waals surface area contributed by atoms with E-state index in [0.717, 1.165) is 11.1 Å². The van der Waals surface area contributed by atoms with Gasteiger partial charge in [0.05, 0.1) is 0 Å². The second-order valence-electron chi connectivity index (χ2n) is 12.5. The van der Waals surface area contributed by atoms with Crippen molar-refractivity contribution in [3.63, 3.8) is 0 Å². The molecule has 9 aromatic carbocycles. The van der Waals surface area contributed by atoms with Crippen LogP contribution in [0.15, 0.2) is 171 Å². The van der Waals surface area contributed by atoms with Crippen LogP contribution < -0.4 is 0 Å². The fourth-order valence-electron chi connectivity index (χ4n) is 7.79. The molecule has 0 aliphatic carbocycles. The first-order chi connectivity index (χ1) is 23.7. The van der Waals surface area contributed by atoms with Crippen LogP contribution >= 0.6 is 0 Å². The molecule has 0 N–H and O–H groups in total. The van der Waals surface area contributed by atoms with Crippen LogP contribution in [0, 0.1) is 0 Å². The van der Waals surface area contributed by atoms with E-state index in [0.29, 0.717) is 0 Å². The van der Waals surface area contributed by atoms with Crippen molar-refractivity contribution < 1.29 is 0 Å². The molecule has 48 heavy (non-hydrogen) atoms. The molecule has 0 amide bonds. The molecule has 0 spiro atoms. The van der Waals surface area contributed by atoms with Gasteiger partial charge in [0.25, 0.3) is 0 Å². The number of fused-ring (bicyclic) bond motifs is 6. The first-order valence-electron chi connectivity index (χ1n) is 16.5. The lowest BCUT2D eigenvalue weighted by atomic mass is 9.84. The SMILES string of the molecule is C=Cc1c(C=C)c2cc(-c3c4ccccc4c(-c4ccc(-c5ccc6ccccc6c5)cc4)c4ccccc34)ccc2c2ccccc12. The Balaban J connectivity index is 1.27. The van der Waals surface area contributed by atoms with E-state index in [4.69, 9.17) is 0 Å². The second kappa shape index (κ2) is 11.2. The molecule has 9 rings (SSSR count). The predicted molar refractivity (Wildman–Crippen MR) is 210 cm³/mol. The molecule has 0 bridgehead atoms. The largest absolute Gasteiger partial charge is 0.0984 e. The van der Waals surface area contributed by atoms with E-state index in [9.17, 15) is 0 Å². The van der Waals surface area contributed by atoms with Crippen LogP contribution in [0.5, 0.6) is 0 Å². The molecule has 0 heteroatoms. The Hall–Kier alpha value is -6.24. The third-order valence-corrected chi connectivity index (χ3v) is 9.99. The van der Waals surface area contributed by atoms with Gasteiger partial charge < -0.3 is 0 Å². The zero-order chi connectivity index (χ0) is 32.2. The summed E-state index contributed by atoms with van der Waals surface area (Å²) >= 11 is 0. The minimum Gasteiger partial charge on any atom is -0.0984 e. The standard InChI is InChI=1S/C48H32/c1-3-37-38(4-2)46-30-36(27-28-41(46)40-16-8-7-15-39(37)40)48-44-19-11-9-17-42(44)47(43-18-10-12-20-45(43)48)33-24-21-32(22-25-33)35-26-23-31-13-5-6-14-34(31)29-35/h3-30H,1-2H2. The molecular weight excluding hydrogens is 577 g/mol. The summed E-state index contributed by atoms with van der Waals surface area (Å²) in [7, 11) is 0.